The van der Waals surface area contributed by atoms with Crippen LogP contribution in [-0.2, 0) is 0 Å². The molecule has 0 amide bonds. The summed E-state index contributed by atoms with van der Waals surface area (Å²) in [5.74, 6) is 0. The van der Waals surface area contributed by atoms with Crippen molar-refractivity contribution < 1.29 is 0 Å². The summed E-state index contributed by atoms with van der Waals surface area (Å²) in [5.41, 5.74) is 4.06. The van der Waals surface area contributed by atoms with Gasteiger partial charge in [-0.2, -0.15) is 0 Å². The van der Waals surface area contributed by atoms with Gasteiger partial charge < -0.3 is 0 Å². The van der Waals surface area contributed by atoms with E-state index in [9.17, 15) is 0 Å². The van der Waals surface area contributed by atoms with Crippen LogP contribution in [0.3, 0.4) is 0 Å². The molecule has 0 spiro atoms. The third-order valence-corrected chi connectivity index (χ3v) is 4.74. The van der Waals surface area contributed by atoms with Gasteiger partial charge in [0.15, 0.2) is 0 Å². The Kier molecular flexibility index (Phi) is 3.03. The Morgan fingerprint density at radius 3 is 2.12 bits per heavy atom. The Bertz CT molecular complexity index is 316. The summed E-state index contributed by atoms with van der Waals surface area (Å²) in [6.07, 6.45) is 13.2. The maximum absolute atomic E-state index is 2.49. The van der Waals surface area contributed by atoms with Gasteiger partial charge in [-0.05, 0) is 42.6 Å². The molecule has 2 rings (SSSR count). The summed E-state index contributed by atoms with van der Waals surface area (Å²) < 4.78 is 0. The number of rotatable bonds is 1. The van der Waals surface area contributed by atoms with Crippen LogP contribution in [-0.4, -0.2) is 0 Å². The molecule has 0 atom stereocenters. The Balaban J connectivity index is 2.35. The van der Waals surface area contributed by atoms with Crippen LogP contribution in [0.2, 0.25) is 0 Å². The van der Waals surface area contributed by atoms with Crippen LogP contribution in [0.1, 0.15) is 66.2 Å². The maximum atomic E-state index is 2.49. The van der Waals surface area contributed by atoms with Crippen LogP contribution in [0.5, 0.6) is 0 Å². The van der Waals surface area contributed by atoms with Crippen LogP contribution in [0, 0.1) is 10.8 Å². The molecule has 1 saturated carbocycles. The largest absolute Gasteiger partial charge is 0.0767 e. The van der Waals surface area contributed by atoms with Crippen LogP contribution < -0.4 is 0 Å². The first-order valence-corrected chi connectivity index (χ1v) is 6.83. The molecule has 0 aromatic heterocycles. The van der Waals surface area contributed by atoms with Crippen molar-refractivity contribution in [3.8, 4) is 0 Å². The zero-order chi connectivity index (χ0) is 11.8. The fourth-order valence-corrected chi connectivity index (χ4v) is 3.61. The number of allylic oxidation sites excluding steroid dienone is 4. The topological polar surface area (TPSA) is 0 Å². The average molecular weight is 218 g/mol. The minimum Gasteiger partial charge on any atom is -0.0767 e. The van der Waals surface area contributed by atoms with Crippen molar-refractivity contribution in [3.05, 3.63) is 23.3 Å². The predicted molar refractivity (Wildman–Crippen MR) is 71.4 cm³/mol. The Hall–Kier alpha value is -0.520. The van der Waals surface area contributed by atoms with Crippen molar-refractivity contribution in [1.29, 1.82) is 0 Å². The molecule has 0 bridgehead atoms. The summed E-state index contributed by atoms with van der Waals surface area (Å²) in [6, 6.07) is 0. The zero-order valence-electron chi connectivity index (χ0n) is 11.4. The van der Waals surface area contributed by atoms with Gasteiger partial charge in [0.05, 0.1) is 0 Å². The molecule has 0 nitrogen and oxygen atoms in total. The monoisotopic (exact) mass is 218 g/mol. The standard InChI is InChI=1S/C16H26/c1-13-8-9-14(12-13)16(15(2,3)4)10-6-5-7-11-16/h9,12H,5-8,10-11H2,1-4H3. The van der Waals surface area contributed by atoms with E-state index < -0.39 is 0 Å². The highest BCUT2D eigenvalue weighted by atomic mass is 14.5. The molecule has 2 aliphatic rings. The second kappa shape index (κ2) is 4.05. The summed E-state index contributed by atoms with van der Waals surface area (Å²) in [6.45, 7) is 9.56. The van der Waals surface area contributed by atoms with Gasteiger partial charge in [-0.15, -0.1) is 0 Å². The van der Waals surface area contributed by atoms with Gasteiger partial charge in [0.2, 0.25) is 0 Å². The van der Waals surface area contributed by atoms with E-state index in [2.05, 4.69) is 39.8 Å². The molecule has 0 aliphatic heterocycles. The Labute approximate surface area is 101 Å². The van der Waals surface area contributed by atoms with E-state index in [4.69, 9.17) is 0 Å². The van der Waals surface area contributed by atoms with E-state index in [-0.39, 0.29) is 0 Å². The van der Waals surface area contributed by atoms with Crippen LogP contribution >= 0.6 is 0 Å². The molecule has 2 aliphatic carbocycles. The molecule has 0 saturated heterocycles. The molecule has 1 fully saturated rings. The van der Waals surface area contributed by atoms with Crippen molar-refractivity contribution >= 4 is 0 Å². The van der Waals surface area contributed by atoms with Crippen LogP contribution in [0.15, 0.2) is 23.3 Å². The second-order valence-corrected chi connectivity index (χ2v) is 6.75. The van der Waals surface area contributed by atoms with Crippen LogP contribution in [0.25, 0.3) is 0 Å². The minimum absolute atomic E-state index is 0.403. The molecule has 0 aromatic rings. The third-order valence-electron chi connectivity index (χ3n) is 4.74. The lowest BCUT2D eigenvalue weighted by Gasteiger charge is -2.48. The lowest BCUT2D eigenvalue weighted by Crippen LogP contribution is -2.38. The predicted octanol–water partition coefficient (Wildman–Crippen LogP) is 5.26. The quantitative estimate of drug-likeness (QED) is 0.563. The van der Waals surface area contributed by atoms with E-state index in [1.54, 1.807) is 11.1 Å². The number of hydrogen-bond acceptors (Lipinski definition) is 0. The van der Waals surface area contributed by atoms with E-state index in [0.29, 0.717) is 10.8 Å². The van der Waals surface area contributed by atoms with Crippen molar-refractivity contribution in [2.75, 3.05) is 0 Å². The molecule has 0 heterocycles. The smallest absolute Gasteiger partial charge is 0.000157 e. The SMILES string of the molecule is CC1=CC(C2(C(C)(C)C)CCCCC2)=CC1. The molecule has 0 radical (unpaired) electrons. The van der Waals surface area contributed by atoms with Gasteiger partial charge in [0, 0.05) is 0 Å². The Morgan fingerprint density at radius 1 is 1.06 bits per heavy atom. The molecule has 0 aromatic carbocycles. The minimum atomic E-state index is 0.403. The molecule has 0 heteroatoms. The molecular weight excluding hydrogens is 192 g/mol. The first kappa shape index (κ1) is 12.0. The van der Waals surface area contributed by atoms with Gasteiger partial charge in [-0.3, -0.25) is 0 Å². The lowest BCUT2D eigenvalue weighted by atomic mass is 9.56. The van der Waals surface area contributed by atoms with E-state index in [0.717, 1.165) is 0 Å². The van der Waals surface area contributed by atoms with Gasteiger partial charge in [0.1, 0.15) is 0 Å². The molecule has 16 heavy (non-hydrogen) atoms. The van der Waals surface area contributed by atoms with Gasteiger partial charge in [0.25, 0.3) is 0 Å². The molecular formula is C16H26. The van der Waals surface area contributed by atoms with E-state index in [1.165, 1.54) is 38.5 Å². The van der Waals surface area contributed by atoms with E-state index >= 15 is 0 Å². The maximum Gasteiger partial charge on any atom is -0.000157 e. The van der Waals surface area contributed by atoms with Crippen molar-refractivity contribution in [2.45, 2.75) is 66.2 Å². The first-order valence-electron chi connectivity index (χ1n) is 6.83. The summed E-state index contributed by atoms with van der Waals surface area (Å²) in [5, 5.41) is 0. The molecule has 0 unspecified atom stereocenters. The highest BCUT2D eigenvalue weighted by Crippen LogP contribution is 2.55. The normalized spacial score (nSPS) is 25.2. The fourth-order valence-electron chi connectivity index (χ4n) is 3.61. The van der Waals surface area contributed by atoms with Crippen molar-refractivity contribution in [3.63, 3.8) is 0 Å². The zero-order valence-corrected chi connectivity index (χ0v) is 11.4. The van der Waals surface area contributed by atoms with Gasteiger partial charge in [-0.1, -0.05) is 57.8 Å². The van der Waals surface area contributed by atoms with Crippen molar-refractivity contribution in [1.82, 2.24) is 0 Å². The van der Waals surface area contributed by atoms with Gasteiger partial charge >= 0.3 is 0 Å². The lowest BCUT2D eigenvalue weighted by molar-refractivity contribution is 0.0834. The Morgan fingerprint density at radius 2 is 1.69 bits per heavy atom. The number of hydrogen-bond donors (Lipinski definition) is 0. The summed E-state index contributed by atoms with van der Waals surface area (Å²) >= 11 is 0. The third kappa shape index (κ3) is 1.87. The van der Waals surface area contributed by atoms with Crippen LogP contribution in [0.4, 0.5) is 0 Å². The highest BCUT2D eigenvalue weighted by molar-refractivity contribution is 5.38. The van der Waals surface area contributed by atoms with Crippen molar-refractivity contribution in [2.24, 2.45) is 10.8 Å². The first-order chi connectivity index (χ1) is 7.46. The van der Waals surface area contributed by atoms with E-state index in [1.807, 2.05) is 0 Å². The highest BCUT2D eigenvalue weighted by Gasteiger charge is 2.44. The summed E-state index contributed by atoms with van der Waals surface area (Å²) in [4.78, 5) is 0. The second-order valence-electron chi connectivity index (χ2n) is 6.75. The summed E-state index contributed by atoms with van der Waals surface area (Å²) in [7, 11) is 0. The fraction of sp³-hybridized carbons (Fsp3) is 0.750. The average Bonchev–Trinajstić information content (AvgIpc) is 2.65. The van der Waals surface area contributed by atoms with Gasteiger partial charge in [-0.25, -0.2) is 0 Å². The molecule has 0 N–H and O–H groups in total. The molecule has 90 valence electrons.